The molecule has 2 heterocycles. The van der Waals surface area contributed by atoms with Gasteiger partial charge in [0.05, 0.1) is 4.88 Å². The minimum atomic E-state index is -0.951. The fraction of sp³-hybridized carbons (Fsp3) is 0.500. The highest BCUT2D eigenvalue weighted by molar-refractivity contribution is 7.10. The van der Waals surface area contributed by atoms with Gasteiger partial charge in [-0.3, -0.25) is 4.79 Å². The number of hydrogen-bond acceptors (Lipinski definition) is 5. The van der Waals surface area contributed by atoms with Crippen LogP contribution in [0, 0.1) is 6.92 Å². The summed E-state index contributed by atoms with van der Waals surface area (Å²) in [5.74, 6) is 0.192. The van der Waals surface area contributed by atoms with Gasteiger partial charge in [0.1, 0.15) is 0 Å². The van der Waals surface area contributed by atoms with Gasteiger partial charge in [0.15, 0.2) is 12.0 Å². The average molecular weight is 253 g/mol. The van der Waals surface area contributed by atoms with Crippen molar-refractivity contribution >= 4 is 23.2 Å². The third-order valence-corrected chi connectivity index (χ3v) is 3.61. The molecular formula is C12H15NO3S. The summed E-state index contributed by atoms with van der Waals surface area (Å²) in [7, 11) is 0. The van der Waals surface area contributed by atoms with E-state index in [1.54, 1.807) is 25.2 Å². The fourth-order valence-electron chi connectivity index (χ4n) is 1.96. The van der Waals surface area contributed by atoms with Crippen LogP contribution in [0.2, 0.25) is 0 Å². The molecule has 2 atom stereocenters. The molecule has 0 amide bonds. The first-order valence-electron chi connectivity index (χ1n) is 5.38. The van der Waals surface area contributed by atoms with Crippen molar-refractivity contribution in [3.8, 4) is 0 Å². The van der Waals surface area contributed by atoms with Crippen molar-refractivity contribution < 1.29 is 14.3 Å². The molecule has 0 unspecified atom stereocenters. The minimum Gasteiger partial charge on any atom is -0.466 e. The molecule has 0 saturated carbocycles. The molecule has 0 bridgehead atoms. The van der Waals surface area contributed by atoms with Crippen molar-refractivity contribution in [2.24, 2.45) is 4.99 Å². The number of aryl methyl sites for hydroxylation is 1. The van der Waals surface area contributed by atoms with Crippen LogP contribution >= 0.6 is 11.3 Å². The number of ether oxygens (including phenoxy) is 2. The Kier molecular flexibility index (Phi) is 2.95. The molecule has 1 aromatic rings. The van der Waals surface area contributed by atoms with Gasteiger partial charge < -0.3 is 9.47 Å². The molecule has 0 saturated heterocycles. The maximum absolute atomic E-state index is 11.2. The van der Waals surface area contributed by atoms with Crippen LogP contribution in [-0.2, 0) is 14.3 Å². The van der Waals surface area contributed by atoms with Crippen LogP contribution in [0.5, 0.6) is 0 Å². The third-order valence-electron chi connectivity index (χ3n) is 2.51. The van der Waals surface area contributed by atoms with Crippen LogP contribution in [-0.4, -0.2) is 17.6 Å². The van der Waals surface area contributed by atoms with E-state index in [1.165, 1.54) is 12.5 Å². The lowest BCUT2D eigenvalue weighted by Crippen LogP contribution is -2.33. The van der Waals surface area contributed by atoms with Crippen molar-refractivity contribution in [3.05, 3.63) is 21.9 Å². The van der Waals surface area contributed by atoms with Gasteiger partial charge in [0, 0.05) is 20.8 Å². The summed E-state index contributed by atoms with van der Waals surface area (Å²) in [4.78, 5) is 16.5. The zero-order valence-corrected chi connectivity index (χ0v) is 11.1. The molecule has 92 valence electrons. The van der Waals surface area contributed by atoms with Crippen LogP contribution in [0.25, 0.3) is 0 Å². The molecule has 4 nitrogen and oxygen atoms in total. The van der Waals surface area contributed by atoms with Crippen molar-refractivity contribution in [3.63, 3.8) is 0 Å². The summed E-state index contributed by atoms with van der Waals surface area (Å²) in [6.07, 6.45) is -0.343. The molecule has 0 spiro atoms. The Labute approximate surface area is 104 Å². The molecule has 0 radical (unpaired) electrons. The Morgan fingerprint density at radius 3 is 2.82 bits per heavy atom. The summed E-state index contributed by atoms with van der Waals surface area (Å²) in [5, 5.41) is 2.04. The monoisotopic (exact) mass is 253 g/mol. The lowest BCUT2D eigenvalue weighted by Gasteiger charge is -2.25. The Bertz CT molecular complexity index is 480. The molecule has 1 aliphatic rings. The van der Waals surface area contributed by atoms with Crippen molar-refractivity contribution in [2.45, 2.75) is 39.5 Å². The number of esters is 1. The molecule has 17 heavy (non-hydrogen) atoms. The number of hydrogen-bond donors (Lipinski definition) is 0. The van der Waals surface area contributed by atoms with Gasteiger partial charge in [-0.1, -0.05) is 0 Å². The zero-order chi connectivity index (χ0) is 12.6. The van der Waals surface area contributed by atoms with Crippen molar-refractivity contribution in [2.75, 3.05) is 0 Å². The summed E-state index contributed by atoms with van der Waals surface area (Å²) >= 11 is 1.59. The van der Waals surface area contributed by atoms with Crippen LogP contribution < -0.4 is 0 Å². The SMILES string of the molecule is CC(=O)O[C@@]1(C)N=C(C)O[C@H]1c1cc(C)cs1. The Balaban J connectivity index is 2.31. The summed E-state index contributed by atoms with van der Waals surface area (Å²) in [6.45, 7) is 6.93. The number of rotatable bonds is 2. The maximum atomic E-state index is 11.2. The third kappa shape index (κ3) is 2.34. The molecular weight excluding hydrogens is 238 g/mol. The van der Waals surface area contributed by atoms with E-state index >= 15 is 0 Å². The van der Waals surface area contributed by atoms with Gasteiger partial charge in [-0.05, 0) is 23.9 Å². The van der Waals surface area contributed by atoms with Gasteiger partial charge in [0.2, 0.25) is 5.72 Å². The lowest BCUT2D eigenvalue weighted by molar-refractivity contribution is -0.161. The molecule has 1 aromatic heterocycles. The molecule has 2 rings (SSSR count). The quantitative estimate of drug-likeness (QED) is 0.761. The van der Waals surface area contributed by atoms with E-state index in [9.17, 15) is 4.79 Å². The highest BCUT2D eigenvalue weighted by atomic mass is 32.1. The Morgan fingerprint density at radius 2 is 2.29 bits per heavy atom. The second-order valence-corrected chi connectivity index (χ2v) is 5.25. The van der Waals surface area contributed by atoms with E-state index < -0.39 is 5.72 Å². The van der Waals surface area contributed by atoms with Gasteiger partial charge in [-0.2, -0.15) is 0 Å². The predicted molar refractivity (Wildman–Crippen MR) is 66.2 cm³/mol. The van der Waals surface area contributed by atoms with Crippen molar-refractivity contribution in [1.82, 2.24) is 0 Å². The van der Waals surface area contributed by atoms with Crippen molar-refractivity contribution in [1.29, 1.82) is 0 Å². The zero-order valence-electron chi connectivity index (χ0n) is 10.3. The van der Waals surface area contributed by atoms with E-state index in [0.717, 1.165) is 4.88 Å². The van der Waals surface area contributed by atoms with Gasteiger partial charge in [0.25, 0.3) is 0 Å². The molecule has 1 aliphatic heterocycles. The number of carbonyl (C=O) groups is 1. The first-order valence-corrected chi connectivity index (χ1v) is 6.26. The van der Waals surface area contributed by atoms with Crippen LogP contribution in [0.3, 0.4) is 0 Å². The number of aliphatic imine (C=N–C) groups is 1. The lowest BCUT2D eigenvalue weighted by atomic mass is 10.1. The fourth-order valence-corrected chi connectivity index (χ4v) is 2.99. The summed E-state index contributed by atoms with van der Waals surface area (Å²) in [6, 6.07) is 2.03. The van der Waals surface area contributed by atoms with Crippen LogP contribution in [0.1, 0.15) is 37.3 Å². The van der Waals surface area contributed by atoms with Gasteiger partial charge in [-0.25, -0.2) is 4.99 Å². The second-order valence-electron chi connectivity index (χ2n) is 4.30. The number of nitrogens with zero attached hydrogens (tertiary/aromatic N) is 1. The topological polar surface area (TPSA) is 47.9 Å². The van der Waals surface area contributed by atoms with Gasteiger partial charge in [-0.15, -0.1) is 11.3 Å². The first kappa shape index (κ1) is 12.1. The number of thiophene rings is 1. The van der Waals surface area contributed by atoms with E-state index in [2.05, 4.69) is 4.99 Å². The normalized spacial score (nSPS) is 27.5. The largest absolute Gasteiger partial charge is 0.466 e. The standard InChI is InChI=1S/C12H15NO3S/c1-7-5-10(17-6-7)11-12(4,16-9(3)14)13-8(2)15-11/h5-6,11H,1-4H3/t11-,12+/m0/s1. The molecule has 5 heteroatoms. The predicted octanol–water partition coefficient (Wildman–Crippen LogP) is 2.83. The first-order chi connectivity index (χ1) is 7.90. The molecule has 0 N–H and O–H groups in total. The Hall–Kier alpha value is -1.36. The number of carbonyl (C=O) groups excluding carboxylic acids is 1. The molecule has 0 fully saturated rings. The maximum Gasteiger partial charge on any atom is 0.304 e. The minimum absolute atomic E-state index is 0.343. The highest BCUT2D eigenvalue weighted by Gasteiger charge is 2.45. The highest BCUT2D eigenvalue weighted by Crippen LogP contribution is 2.41. The van der Waals surface area contributed by atoms with Crippen LogP contribution in [0.4, 0.5) is 0 Å². The molecule has 0 aliphatic carbocycles. The molecule has 0 aromatic carbocycles. The summed E-state index contributed by atoms with van der Waals surface area (Å²) in [5.41, 5.74) is 0.219. The summed E-state index contributed by atoms with van der Waals surface area (Å²) < 4.78 is 11.0. The average Bonchev–Trinajstić information content (AvgIpc) is 2.69. The second kappa shape index (κ2) is 4.14. The van der Waals surface area contributed by atoms with E-state index in [-0.39, 0.29) is 12.1 Å². The smallest absolute Gasteiger partial charge is 0.304 e. The van der Waals surface area contributed by atoms with Gasteiger partial charge >= 0.3 is 5.97 Å². The van der Waals surface area contributed by atoms with E-state index in [1.807, 2.05) is 18.4 Å². The van der Waals surface area contributed by atoms with Crippen LogP contribution in [0.15, 0.2) is 16.4 Å². The van der Waals surface area contributed by atoms with E-state index in [0.29, 0.717) is 5.90 Å². The van der Waals surface area contributed by atoms with E-state index in [4.69, 9.17) is 9.47 Å². The Morgan fingerprint density at radius 1 is 1.59 bits per heavy atom.